The molecule has 0 aromatic carbocycles. The highest BCUT2D eigenvalue weighted by molar-refractivity contribution is 7.45. The topological polar surface area (TPSA) is 114 Å². The van der Waals surface area contributed by atoms with Crippen LogP contribution in [-0.2, 0) is 27.9 Å². The number of quaternary nitrogens is 1. The molecule has 0 rings (SSSR count). The fraction of sp³-hybridized carbons (Fsp3) is 0.803. The summed E-state index contributed by atoms with van der Waals surface area (Å²) in [5.74, 6) is -0.559. The average molecular weight is 1020 g/mol. The number of hydrogen-bond donors (Lipinski definition) is 1. The van der Waals surface area contributed by atoms with Gasteiger partial charge in [0.05, 0.1) is 33.8 Å². The zero-order valence-corrected chi connectivity index (χ0v) is 48.1. The maximum atomic E-state index is 13.4. The lowest BCUT2D eigenvalue weighted by molar-refractivity contribution is -0.870. The van der Waals surface area contributed by atoms with Gasteiger partial charge in [-0.15, -0.1) is 0 Å². The highest BCUT2D eigenvalue weighted by Crippen LogP contribution is 2.38. The molecule has 1 N–H and O–H groups in total. The van der Waals surface area contributed by atoms with Gasteiger partial charge in [0.1, 0.15) is 19.3 Å². The summed E-state index contributed by atoms with van der Waals surface area (Å²) in [5.41, 5.74) is 0. The van der Waals surface area contributed by atoms with Crippen LogP contribution in [0.3, 0.4) is 0 Å². The third kappa shape index (κ3) is 52.4. The first kappa shape index (κ1) is 68.7. The predicted molar refractivity (Wildman–Crippen MR) is 302 cm³/mol. The van der Waals surface area contributed by atoms with Crippen molar-refractivity contribution in [2.45, 2.75) is 277 Å². The monoisotopic (exact) mass is 1020 g/mol. The van der Waals surface area contributed by atoms with E-state index < -0.39 is 26.6 Å². The molecular formula is C61H113N2O7P. The molecule has 0 aliphatic rings. The van der Waals surface area contributed by atoms with Crippen LogP contribution in [-0.4, -0.2) is 69.4 Å². The van der Waals surface area contributed by atoms with E-state index in [9.17, 15) is 19.0 Å². The molecule has 0 heterocycles. The molecule has 0 bridgehead atoms. The molecule has 71 heavy (non-hydrogen) atoms. The number of carbonyl (C=O) groups is 2. The van der Waals surface area contributed by atoms with E-state index in [0.29, 0.717) is 17.4 Å². The maximum absolute atomic E-state index is 13.4. The molecule has 0 saturated carbocycles. The lowest BCUT2D eigenvalue weighted by Crippen LogP contribution is -2.47. The number of nitrogens with one attached hydrogen (secondary N) is 1. The minimum Gasteiger partial charge on any atom is -0.756 e. The second kappa shape index (κ2) is 51.2. The summed E-state index contributed by atoms with van der Waals surface area (Å²) in [6.45, 7) is 6.77. The second-order valence-corrected chi connectivity index (χ2v) is 22.6. The number of likely N-dealkylation sites (N-methyl/N-ethyl adjacent to an activating group) is 1. The SMILES string of the molecule is CCCC/C=C\CCCCCCCC(=O)NC(COP(=O)([O-])OCC[N+](C)(C)C)C(/C=C\CCCCCCCCCCCCC)OC(=O)CCCCCCCCCC/C=C\C/C=C\C/C=C\CCCCC. The minimum absolute atomic E-state index is 0.0262. The van der Waals surface area contributed by atoms with Crippen molar-refractivity contribution in [3.8, 4) is 0 Å². The Hall–Kier alpha value is -2.29. The summed E-state index contributed by atoms with van der Waals surface area (Å²) < 4.78 is 30.2. The van der Waals surface area contributed by atoms with Crippen molar-refractivity contribution < 1.29 is 37.3 Å². The standard InChI is InChI=1S/C61H113N2O7P/c1-7-10-13-16-19-22-25-27-28-29-30-31-32-33-34-36-39-42-45-48-51-54-61(65)70-59(52-49-46-43-40-38-35-26-23-20-17-14-11-8-2)58(57-69-71(66,67)68-56-55-63(4,5)6)62-60(64)53-50-47-44-41-37-24-21-18-15-12-9-3/h18-19,21-22,27-28,30-31,49,52,58-59H,7-17,20,23-26,29,32-48,50-51,53-57H2,1-6H3,(H-,62,64,66,67)/b21-18-,22-19-,28-27-,31-30-,52-49-. The molecule has 0 spiro atoms. The van der Waals surface area contributed by atoms with E-state index in [1.165, 1.54) is 122 Å². The van der Waals surface area contributed by atoms with Crippen molar-refractivity contribution in [1.29, 1.82) is 0 Å². The van der Waals surface area contributed by atoms with Crippen LogP contribution in [0.15, 0.2) is 60.8 Å². The normalized spacial score (nSPS) is 14.2. The Morgan fingerprint density at radius 1 is 0.493 bits per heavy atom. The van der Waals surface area contributed by atoms with Crippen molar-refractivity contribution in [3.63, 3.8) is 0 Å². The third-order valence-electron chi connectivity index (χ3n) is 12.9. The first-order valence-corrected chi connectivity index (χ1v) is 31.1. The molecular weight excluding hydrogens is 904 g/mol. The summed E-state index contributed by atoms with van der Waals surface area (Å²) in [7, 11) is 1.17. The first-order chi connectivity index (χ1) is 34.4. The van der Waals surface area contributed by atoms with Gasteiger partial charge in [0, 0.05) is 12.8 Å². The lowest BCUT2D eigenvalue weighted by Gasteiger charge is -2.30. The Labute approximate surface area is 439 Å². The van der Waals surface area contributed by atoms with Gasteiger partial charge in [0.2, 0.25) is 5.91 Å². The second-order valence-electron chi connectivity index (χ2n) is 21.1. The summed E-state index contributed by atoms with van der Waals surface area (Å²) in [5, 5.41) is 3.01. The van der Waals surface area contributed by atoms with Crippen LogP contribution >= 0.6 is 7.82 Å². The Balaban J connectivity index is 5.27. The van der Waals surface area contributed by atoms with Gasteiger partial charge < -0.3 is 28.5 Å². The average Bonchev–Trinajstić information content (AvgIpc) is 3.33. The fourth-order valence-electron chi connectivity index (χ4n) is 8.27. The number of phosphoric acid groups is 1. The number of amides is 1. The van der Waals surface area contributed by atoms with E-state index in [1.54, 1.807) is 0 Å². The highest BCUT2D eigenvalue weighted by atomic mass is 31.2. The zero-order chi connectivity index (χ0) is 52.2. The number of nitrogens with zero attached hydrogens (tertiary/aromatic N) is 1. The molecule has 0 aliphatic carbocycles. The van der Waals surface area contributed by atoms with Crippen LogP contribution in [0.1, 0.15) is 265 Å². The van der Waals surface area contributed by atoms with E-state index in [1.807, 2.05) is 33.3 Å². The summed E-state index contributed by atoms with van der Waals surface area (Å²) in [4.78, 5) is 39.8. The predicted octanol–water partition coefficient (Wildman–Crippen LogP) is 17.3. The first-order valence-electron chi connectivity index (χ1n) is 29.6. The van der Waals surface area contributed by atoms with Crippen LogP contribution < -0.4 is 10.2 Å². The van der Waals surface area contributed by atoms with Crippen LogP contribution in [0.25, 0.3) is 0 Å². The Bertz CT molecular complexity index is 1400. The van der Waals surface area contributed by atoms with Crippen LogP contribution in [0.2, 0.25) is 0 Å². The molecule has 0 radical (unpaired) electrons. The molecule has 0 aromatic heterocycles. The smallest absolute Gasteiger partial charge is 0.306 e. The minimum atomic E-state index is -4.70. The summed E-state index contributed by atoms with van der Waals surface area (Å²) in [6, 6.07) is -0.895. The van der Waals surface area contributed by atoms with Crippen molar-refractivity contribution in [2.24, 2.45) is 0 Å². The molecule has 9 nitrogen and oxygen atoms in total. The number of carbonyl (C=O) groups excluding carboxylic acids is 2. The number of esters is 1. The van der Waals surface area contributed by atoms with Gasteiger partial charge in [0.25, 0.3) is 7.82 Å². The quantitative estimate of drug-likeness (QED) is 0.0212. The van der Waals surface area contributed by atoms with Gasteiger partial charge in [-0.05, 0) is 89.5 Å². The van der Waals surface area contributed by atoms with E-state index in [2.05, 4.69) is 74.7 Å². The fourth-order valence-corrected chi connectivity index (χ4v) is 9.00. The highest BCUT2D eigenvalue weighted by Gasteiger charge is 2.27. The number of phosphoric ester groups is 1. The van der Waals surface area contributed by atoms with Crippen LogP contribution in [0.5, 0.6) is 0 Å². The molecule has 3 unspecified atom stereocenters. The van der Waals surface area contributed by atoms with Gasteiger partial charge >= 0.3 is 5.97 Å². The molecule has 1 amide bonds. The molecule has 0 aliphatic heterocycles. The summed E-state index contributed by atoms with van der Waals surface area (Å²) >= 11 is 0. The van der Waals surface area contributed by atoms with Gasteiger partial charge in [-0.25, -0.2) is 0 Å². The van der Waals surface area contributed by atoms with E-state index >= 15 is 0 Å². The van der Waals surface area contributed by atoms with Gasteiger partial charge in [-0.3, -0.25) is 14.2 Å². The van der Waals surface area contributed by atoms with Gasteiger partial charge in [-0.1, -0.05) is 223 Å². The van der Waals surface area contributed by atoms with Crippen molar-refractivity contribution in [1.82, 2.24) is 5.32 Å². The van der Waals surface area contributed by atoms with Gasteiger partial charge in [0.15, 0.2) is 0 Å². The third-order valence-corrected chi connectivity index (χ3v) is 13.9. The number of allylic oxidation sites excluding steroid dienone is 9. The number of unbranched alkanes of at least 4 members (excludes halogenated alkanes) is 29. The van der Waals surface area contributed by atoms with E-state index in [-0.39, 0.29) is 24.9 Å². The van der Waals surface area contributed by atoms with Crippen molar-refractivity contribution in [3.05, 3.63) is 60.8 Å². The molecule has 10 heteroatoms. The summed E-state index contributed by atoms with van der Waals surface area (Å²) in [6.07, 6.45) is 63.2. The van der Waals surface area contributed by atoms with E-state index in [0.717, 1.165) is 109 Å². The molecule has 0 saturated heterocycles. The number of hydrogen-bond acceptors (Lipinski definition) is 7. The number of rotatable bonds is 53. The maximum Gasteiger partial charge on any atom is 0.306 e. The van der Waals surface area contributed by atoms with Crippen LogP contribution in [0, 0.1) is 0 Å². The van der Waals surface area contributed by atoms with Gasteiger partial charge in [-0.2, -0.15) is 0 Å². The van der Waals surface area contributed by atoms with E-state index in [4.69, 9.17) is 13.8 Å². The molecule has 0 fully saturated rings. The molecule has 0 aromatic rings. The number of ether oxygens (including phenoxy) is 1. The van der Waals surface area contributed by atoms with Crippen molar-refractivity contribution >= 4 is 19.7 Å². The lowest BCUT2D eigenvalue weighted by atomic mass is 10.0. The molecule has 3 atom stereocenters. The Kier molecular flexibility index (Phi) is 49.6. The largest absolute Gasteiger partial charge is 0.756 e. The molecule has 414 valence electrons. The van der Waals surface area contributed by atoms with Crippen LogP contribution in [0.4, 0.5) is 0 Å². The zero-order valence-electron chi connectivity index (χ0n) is 47.2. The van der Waals surface area contributed by atoms with Crippen molar-refractivity contribution in [2.75, 3.05) is 40.9 Å². The Morgan fingerprint density at radius 2 is 0.873 bits per heavy atom. The Morgan fingerprint density at radius 3 is 1.37 bits per heavy atom.